The van der Waals surface area contributed by atoms with Gasteiger partial charge >= 0.3 is 0 Å². The zero-order valence-electron chi connectivity index (χ0n) is 11.8. The van der Waals surface area contributed by atoms with Crippen LogP contribution in [0.25, 0.3) is 11.0 Å². The lowest BCUT2D eigenvalue weighted by atomic mass is 10.0. The molecule has 0 bridgehead atoms. The Labute approximate surface area is 126 Å². The Hall–Kier alpha value is -3.15. The summed E-state index contributed by atoms with van der Waals surface area (Å²) >= 11 is 0. The van der Waals surface area contributed by atoms with E-state index >= 15 is 0 Å². The number of hydrogen-bond donors (Lipinski definition) is 1. The zero-order chi connectivity index (χ0) is 15.5. The highest BCUT2D eigenvalue weighted by Gasteiger charge is 2.19. The highest BCUT2D eigenvalue weighted by molar-refractivity contribution is 6.51. The second kappa shape index (κ2) is 5.69. The second-order valence-corrected chi connectivity index (χ2v) is 4.70. The SMILES string of the molecule is Cc1cccc(/C(=N\O)C(=O)c2ccc3nccnc3c2)n1. The smallest absolute Gasteiger partial charge is 0.217 e. The van der Waals surface area contributed by atoms with E-state index in [0.717, 1.165) is 5.69 Å². The number of benzene rings is 1. The molecule has 0 fully saturated rings. The number of oxime groups is 1. The first-order valence-electron chi connectivity index (χ1n) is 6.60. The number of hydrogen-bond acceptors (Lipinski definition) is 6. The molecule has 108 valence electrons. The minimum absolute atomic E-state index is 0.105. The van der Waals surface area contributed by atoms with Crippen molar-refractivity contribution in [2.45, 2.75) is 6.92 Å². The van der Waals surface area contributed by atoms with Crippen LogP contribution in [-0.2, 0) is 0 Å². The molecule has 6 nitrogen and oxygen atoms in total. The summed E-state index contributed by atoms with van der Waals surface area (Å²) in [6.07, 6.45) is 3.14. The van der Waals surface area contributed by atoms with Gasteiger partial charge in [-0.3, -0.25) is 19.7 Å². The van der Waals surface area contributed by atoms with Gasteiger partial charge in [0.25, 0.3) is 0 Å². The third-order valence-corrected chi connectivity index (χ3v) is 3.18. The van der Waals surface area contributed by atoms with Crippen LogP contribution in [0, 0.1) is 6.92 Å². The van der Waals surface area contributed by atoms with Crippen molar-refractivity contribution >= 4 is 22.5 Å². The van der Waals surface area contributed by atoms with Crippen molar-refractivity contribution in [3.05, 3.63) is 65.7 Å². The van der Waals surface area contributed by atoms with Crippen molar-refractivity contribution in [2.24, 2.45) is 5.16 Å². The van der Waals surface area contributed by atoms with Crippen LogP contribution in [0.4, 0.5) is 0 Å². The van der Waals surface area contributed by atoms with Crippen molar-refractivity contribution in [3.63, 3.8) is 0 Å². The van der Waals surface area contributed by atoms with E-state index in [1.807, 2.05) is 0 Å². The molecule has 0 amide bonds. The average Bonchev–Trinajstić information content (AvgIpc) is 2.55. The minimum atomic E-state index is -0.423. The van der Waals surface area contributed by atoms with Crippen LogP contribution in [0.5, 0.6) is 0 Å². The molecule has 0 aliphatic heterocycles. The molecule has 0 aliphatic rings. The molecule has 0 unspecified atom stereocenters. The standard InChI is InChI=1S/C16H12N4O2/c1-10-3-2-4-13(19-10)15(20-22)16(21)11-5-6-12-14(9-11)18-8-7-17-12/h2-9,22H,1H3/b20-15+. The number of rotatable bonds is 3. The van der Waals surface area contributed by atoms with E-state index in [1.54, 1.807) is 55.7 Å². The largest absolute Gasteiger partial charge is 0.410 e. The lowest BCUT2D eigenvalue weighted by molar-refractivity contribution is 0.106. The molecule has 0 aliphatic carbocycles. The second-order valence-electron chi connectivity index (χ2n) is 4.70. The van der Waals surface area contributed by atoms with Crippen LogP contribution in [0.2, 0.25) is 0 Å². The molecular formula is C16H12N4O2. The number of aryl methyl sites for hydroxylation is 1. The average molecular weight is 292 g/mol. The van der Waals surface area contributed by atoms with Gasteiger partial charge in [-0.1, -0.05) is 11.2 Å². The van der Waals surface area contributed by atoms with Crippen LogP contribution in [0.15, 0.2) is 53.9 Å². The summed E-state index contributed by atoms with van der Waals surface area (Å²) in [5, 5.41) is 12.3. The van der Waals surface area contributed by atoms with Crippen LogP contribution in [0.3, 0.4) is 0 Å². The van der Waals surface area contributed by atoms with E-state index < -0.39 is 5.78 Å². The molecule has 0 saturated carbocycles. The molecule has 2 aromatic heterocycles. The monoisotopic (exact) mass is 292 g/mol. The lowest BCUT2D eigenvalue weighted by Gasteiger charge is -2.05. The minimum Gasteiger partial charge on any atom is -0.410 e. The molecule has 1 aromatic carbocycles. The van der Waals surface area contributed by atoms with Gasteiger partial charge in [-0.05, 0) is 37.3 Å². The molecule has 2 heterocycles. The number of Topliss-reactive ketones (excluding diaryl/α,β-unsaturated/α-hetero) is 1. The third kappa shape index (κ3) is 2.54. The molecule has 1 N–H and O–H groups in total. The normalized spacial score (nSPS) is 11.6. The van der Waals surface area contributed by atoms with E-state index in [4.69, 9.17) is 0 Å². The van der Waals surface area contributed by atoms with E-state index in [9.17, 15) is 10.0 Å². The van der Waals surface area contributed by atoms with Gasteiger partial charge in [0.1, 0.15) is 0 Å². The number of aromatic nitrogens is 3. The van der Waals surface area contributed by atoms with E-state index in [-0.39, 0.29) is 5.71 Å². The Kier molecular flexibility index (Phi) is 3.57. The maximum atomic E-state index is 12.6. The van der Waals surface area contributed by atoms with Gasteiger partial charge in [-0.25, -0.2) is 0 Å². The topological polar surface area (TPSA) is 88.3 Å². The highest BCUT2D eigenvalue weighted by atomic mass is 16.4. The van der Waals surface area contributed by atoms with Crippen molar-refractivity contribution < 1.29 is 10.0 Å². The predicted molar refractivity (Wildman–Crippen MR) is 81.2 cm³/mol. The Morgan fingerprint density at radius 2 is 1.86 bits per heavy atom. The molecule has 6 heteroatoms. The van der Waals surface area contributed by atoms with Crippen LogP contribution < -0.4 is 0 Å². The van der Waals surface area contributed by atoms with E-state index in [0.29, 0.717) is 22.3 Å². The lowest BCUT2D eigenvalue weighted by Crippen LogP contribution is -2.17. The Morgan fingerprint density at radius 1 is 1.09 bits per heavy atom. The van der Waals surface area contributed by atoms with Gasteiger partial charge in [-0.2, -0.15) is 0 Å². The van der Waals surface area contributed by atoms with Gasteiger partial charge in [0, 0.05) is 23.7 Å². The maximum absolute atomic E-state index is 12.6. The number of ketones is 1. The van der Waals surface area contributed by atoms with E-state index in [2.05, 4.69) is 20.1 Å². The fourth-order valence-corrected chi connectivity index (χ4v) is 2.13. The highest BCUT2D eigenvalue weighted by Crippen LogP contribution is 2.14. The summed E-state index contributed by atoms with van der Waals surface area (Å²) in [5.41, 5.74) is 2.61. The molecule has 22 heavy (non-hydrogen) atoms. The van der Waals surface area contributed by atoms with Gasteiger partial charge in [0.2, 0.25) is 5.78 Å². The fourth-order valence-electron chi connectivity index (χ4n) is 2.13. The van der Waals surface area contributed by atoms with Crippen molar-refractivity contribution in [1.82, 2.24) is 15.0 Å². The van der Waals surface area contributed by atoms with Crippen LogP contribution in [0.1, 0.15) is 21.7 Å². The number of carbonyl (C=O) groups excluding carboxylic acids is 1. The molecule has 3 aromatic rings. The molecular weight excluding hydrogens is 280 g/mol. The number of nitrogens with zero attached hydrogens (tertiary/aromatic N) is 4. The van der Waals surface area contributed by atoms with E-state index in [1.165, 1.54) is 0 Å². The van der Waals surface area contributed by atoms with Crippen LogP contribution >= 0.6 is 0 Å². The summed E-state index contributed by atoms with van der Waals surface area (Å²) in [7, 11) is 0. The van der Waals surface area contributed by atoms with Crippen LogP contribution in [-0.4, -0.2) is 31.7 Å². The number of pyridine rings is 1. The Bertz CT molecular complexity index is 890. The first kappa shape index (κ1) is 13.8. The summed E-state index contributed by atoms with van der Waals surface area (Å²) in [4.78, 5) is 25.1. The molecule has 0 atom stereocenters. The number of carbonyl (C=O) groups is 1. The first-order valence-corrected chi connectivity index (χ1v) is 6.60. The summed E-state index contributed by atoms with van der Waals surface area (Å²) in [6, 6.07) is 10.1. The summed E-state index contributed by atoms with van der Waals surface area (Å²) in [5.74, 6) is -0.423. The van der Waals surface area contributed by atoms with Gasteiger partial charge < -0.3 is 5.21 Å². The van der Waals surface area contributed by atoms with Crippen molar-refractivity contribution in [2.75, 3.05) is 0 Å². The Morgan fingerprint density at radius 3 is 2.59 bits per heavy atom. The van der Waals surface area contributed by atoms with Gasteiger partial charge in [0.15, 0.2) is 5.71 Å². The van der Waals surface area contributed by atoms with Gasteiger partial charge in [-0.15, -0.1) is 0 Å². The van der Waals surface area contributed by atoms with Gasteiger partial charge in [0.05, 0.1) is 16.7 Å². The molecule has 0 radical (unpaired) electrons. The van der Waals surface area contributed by atoms with Crippen molar-refractivity contribution in [1.29, 1.82) is 0 Å². The quantitative estimate of drug-likeness (QED) is 0.346. The molecule has 0 spiro atoms. The number of fused-ring (bicyclic) bond motifs is 1. The molecule has 0 saturated heterocycles. The third-order valence-electron chi connectivity index (χ3n) is 3.18. The predicted octanol–water partition coefficient (Wildman–Crippen LogP) is 2.39. The first-order chi connectivity index (χ1) is 10.7. The molecule has 3 rings (SSSR count). The summed E-state index contributed by atoms with van der Waals surface area (Å²) in [6.45, 7) is 1.80. The zero-order valence-corrected chi connectivity index (χ0v) is 11.8. The fraction of sp³-hybridized carbons (Fsp3) is 0.0625. The summed E-state index contributed by atoms with van der Waals surface area (Å²) < 4.78 is 0. The Balaban J connectivity index is 2.03. The maximum Gasteiger partial charge on any atom is 0.217 e. The van der Waals surface area contributed by atoms with Crippen molar-refractivity contribution in [3.8, 4) is 0 Å².